The molecule has 0 aliphatic rings. The second kappa shape index (κ2) is 5.81. The summed E-state index contributed by atoms with van der Waals surface area (Å²) in [5.74, 6) is -0.0194. The van der Waals surface area contributed by atoms with Gasteiger partial charge in [-0.15, -0.1) is 0 Å². The second-order valence-corrected chi connectivity index (χ2v) is 3.35. The molecule has 0 aromatic rings. The topological polar surface area (TPSA) is 37.3 Å². The molecule has 70 valence electrons. The maximum atomic E-state index is 10.3. The van der Waals surface area contributed by atoms with E-state index in [0.717, 1.165) is 6.42 Å². The quantitative estimate of drug-likeness (QED) is 0.644. The fourth-order valence-corrected chi connectivity index (χ4v) is 0.859. The van der Waals surface area contributed by atoms with E-state index < -0.39 is 5.97 Å². The normalized spacial score (nSPS) is 16.2. The standard InChI is InChI=1S/C10H18O2/c1-4-8(2)5-6-9(3)7-10(11)12/h5-6,8-9H,4,7H2,1-3H3,(H,11,12)/b6-5+. The van der Waals surface area contributed by atoms with Crippen molar-refractivity contribution in [2.45, 2.75) is 33.6 Å². The van der Waals surface area contributed by atoms with E-state index in [1.807, 2.05) is 13.0 Å². The Hall–Kier alpha value is -0.790. The Morgan fingerprint density at radius 2 is 1.83 bits per heavy atom. The third-order valence-corrected chi connectivity index (χ3v) is 1.91. The van der Waals surface area contributed by atoms with E-state index in [9.17, 15) is 4.79 Å². The minimum atomic E-state index is -0.726. The lowest BCUT2D eigenvalue weighted by molar-refractivity contribution is -0.137. The molecule has 0 radical (unpaired) electrons. The lowest BCUT2D eigenvalue weighted by atomic mass is 10.0. The average Bonchev–Trinajstić information content (AvgIpc) is 1.99. The molecular formula is C10H18O2. The summed E-state index contributed by atoms with van der Waals surface area (Å²) in [7, 11) is 0. The molecule has 0 saturated carbocycles. The summed E-state index contributed by atoms with van der Waals surface area (Å²) in [6, 6.07) is 0. The molecule has 0 aliphatic carbocycles. The number of hydrogen-bond acceptors (Lipinski definition) is 1. The van der Waals surface area contributed by atoms with Crippen LogP contribution in [0.2, 0.25) is 0 Å². The molecule has 0 rings (SSSR count). The van der Waals surface area contributed by atoms with Crippen LogP contribution in [-0.4, -0.2) is 11.1 Å². The van der Waals surface area contributed by atoms with Gasteiger partial charge in [0.15, 0.2) is 0 Å². The second-order valence-electron chi connectivity index (χ2n) is 3.35. The van der Waals surface area contributed by atoms with E-state index in [0.29, 0.717) is 5.92 Å². The molecule has 0 spiro atoms. The zero-order valence-corrected chi connectivity index (χ0v) is 8.08. The van der Waals surface area contributed by atoms with Gasteiger partial charge in [-0.25, -0.2) is 0 Å². The number of allylic oxidation sites excluding steroid dienone is 2. The van der Waals surface area contributed by atoms with E-state index in [1.165, 1.54) is 0 Å². The predicted molar refractivity (Wildman–Crippen MR) is 50.0 cm³/mol. The third kappa shape index (κ3) is 5.96. The molecule has 2 nitrogen and oxygen atoms in total. The van der Waals surface area contributed by atoms with Crippen molar-refractivity contribution in [3.63, 3.8) is 0 Å². The van der Waals surface area contributed by atoms with Gasteiger partial charge in [0, 0.05) is 0 Å². The van der Waals surface area contributed by atoms with Gasteiger partial charge in [0.1, 0.15) is 0 Å². The fraction of sp³-hybridized carbons (Fsp3) is 0.700. The third-order valence-electron chi connectivity index (χ3n) is 1.91. The first-order valence-electron chi connectivity index (χ1n) is 4.46. The summed E-state index contributed by atoms with van der Waals surface area (Å²) in [5.41, 5.74) is 0. The molecule has 2 atom stereocenters. The number of carbonyl (C=O) groups is 1. The van der Waals surface area contributed by atoms with Crippen molar-refractivity contribution in [3.8, 4) is 0 Å². The summed E-state index contributed by atoms with van der Waals surface area (Å²) in [5, 5.41) is 8.47. The van der Waals surface area contributed by atoms with Gasteiger partial charge in [0.25, 0.3) is 0 Å². The average molecular weight is 170 g/mol. The Morgan fingerprint density at radius 3 is 2.25 bits per heavy atom. The Bertz CT molecular complexity index is 161. The van der Waals surface area contributed by atoms with Gasteiger partial charge in [0.05, 0.1) is 6.42 Å². The zero-order chi connectivity index (χ0) is 9.56. The van der Waals surface area contributed by atoms with Gasteiger partial charge in [-0.2, -0.15) is 0 Å². The molecule has 2 unspecified atom stereocenters. The van der Waals surface area contributed by atoms with Crippen molar-refractivity contribution < 1.29 is 9.90 Å². The van der Waals surface area contributed by atoms with E-state index in [2.05, 4.69) is 19.9 Å². The van der Waals surface area contributed by atoms with E-state index in [1.54, 1.807) is 0 Å². The predicted octanol–water partition coefficient (Wildman–Crippen LogP) is 2.70. The lowest BCUT2D eigenvalue weighted by Crippen LogP contribution is -2.01. The molecule has 0 aliphatic heterocycles. The van der Waals surface area contributed by atoms with Crippen molar-refractivity contribution in [3.05, 3.63) is 12.2 Å². The Kier molecular flexibility index (Phi) is 5.43. The van der Waals surface area contributed by atoms with Crippen LogP contribution in [0, 0.1) is 11.8 Å². The largest absolute Gasteiger partial charge is 0.481 e. The van der Waals surface area contributed by atoms with Gasteiger partial charge in [-0.3, -0.25) is 4.79 Å². The molecule has 2 heteroatoms. The van der Waals surface area contributed by atoms with Crippen LogP contribution in [0.3, 0.4) is 0 Å². The van der Waals surface area contributed by atoms with Crippen LogP contribution in [0.5, 0.6) is 0 Å². The van der Waals surface area contributed by atoms with E-state index >= 15 is 0 Å². The molecule has 12 heavy (non-hydrogen) atoms. The number of hydrogen-bond donors (Lipinski definition) is 1. The van der Waals surface area contributed by atoms with Crippen LogP contribution in [0.1, 0.15) is 33.6 Å². The zero-order valence-electron chi connectivity index (χ0n) is 8.08. The molecule has 0 amide bonds. The van der Waals surface area contributed by atoms with Gasteiger partial charge >= 0.3 is 5.97 Å². The molecule has 0 saturated heterocycles. The fourth-order valence-electron chi connectivity index (χ4n) is 0.859. The molecule has 0 bridgehead atoms. The highest BCUT2D eigenvalue weighted by atomic mass is 16.4. The monoisotopic (exact) mass is 170 g/mol. The first kappa shape index (κ1) is 11.2. The molecule has 1 N–H and O–H groups in total. The van der Waals surface area contributed by atoms with Crippen LogP contribution < -0.4 is 0 Å². The number of rotatable bonds is 5. The van der Waals surface area contributed by atoms with Gasteiger partial charge in [-0.1, -0.05) is 39.3 Å². The van der Waals surface area contributed by atoms with Crippen molar-refractivity contribution in [2.24, 2.45) is 11.8 Å². The highest BCUT2D eigenvalue weighted by Gasteiger charge is 2.03. The summed E-state index contributed by atoms with van der Waals surface area (Å²) >= 11 is 0. The maximum Gasteiger partial charge on any atom is 0.303 e. The van der Waals surface area contributed by atoms with Crippen molar-refractivity contribution in [1.29, 1.82) is 0 Å². The smallest absolute Gasteiger partial charge is 0.303 e. The van der Waals surface area contributed by atoms with E-state index in [-0.39, 0.29) is 12.3 Å². The van der Waals surface area contributed by atoms with Crippen LogP contribution in [0.4, 0.5) is 0 Å². The summed E-state index contributed by atoms with van der Waals surface area (Å²) in [4.78, 5) is 10.3. The van der Waals surface area contributed by atoms with Gasteiger partial charge in [0.2, 0.25) is 0 Å². The summed E-state index contributed by atoms with van der Waals surface area (Å²) < 4.78 is 0. The van der Waals surface area contributed by atoms with Crippen LogP contribution >= 0.6 is 0 Å². The summed E-state index contributed by atoms with van der Waals surface area (Å²) in [6.45, 7) is 6.17. The minimum Gasteiger partial charge on any atom is -0.481 e. The van der Waals surface area contributed by atoms with Crippen LogP contribution in [0.15, 0.2) is 12.2 Å². The summed E-state index contributed by atoms with van der Waals surface area (Å²) in [6.07, 6.45) is 5.42. The molecule has 0 aromatic carbocycles. The molecule has 0 heterocycles. The van der Waals surface area contributed by atoms with Crippen molar-refractivity contribution >= 4 is 5.97 Å². The highest BCUT2D eigenvalue weighted by Crippen LogP contribution is 2.08. The van der Waals surface area contributed by atoms with Gasteiger partial charge in [-0.05, 0) is 11.8 Å². The van der Waals surface area contributed by atoms with Crippen molar-refractivity contribution in [1.82, 2.24) is 0 Å². The van der Waals surface area contributed by atoms with Crippen molar-refractivity contribution in [2.75, 3.05) is 0 Å². The number of carboxylic acids is 1. The van der Waals surface area contributed by atoms with Crippen LogP contribution in [-0.2, 0) is 4.79 Å². The van der Waals surface area contributed by atoms with Crippen LogP contribution in [0.25, 0.3) is 0 Å². The number of aliphatic carboxylic acids is 1. The van der Waals surface area contributed by atoms with Gasteiger partial charge < -0.3 is 5.11 Å². The SMILES string of the molecule is CCC(C)/C=C/C(C)CC(=O)O. The Morgan fingerprint density at radius 1 is 1.33 bits per heavy atom. The van der Waals surface area contributed by atoms with E-state index in [4.69, 9.17) is 5.11 Å². The number of carboxylic acid groups (broad SMARTS) is 1. The Balaban J connectivity index is 3.74. The maximum absolute atomic E-state index is 10.3. The first-order valence-corrected chi connectivity index (χ1v) is 4.46. The molecular weight excluding hydrogens is 152 g/mol. The molecule has 0 aromatic heterocycles. The molecule has 0 fully saturated rings. The highest BCUT2D eigenvalue weighted by molar-refractivity contribution is 5.67. The first-order chi connectivity index (χ1) is 5.56. The lowest BCUT2D eigenvalue weighted by Gasteiger charge is -2.03. The minimum absolute atomic E-state index is 0.150. The Labute approximate surface area is 74.3 Å².